The molecule has 1 saturated carbocycles. The average molecular weight is 399 g/mol. The lowest BCUT2D eigenvalue weighted by molar-refractivity contribution is -0.164. The molecule has 140 valence electrons. The third kappa shape index (κ3) is 2.84. The van der Waals surface area contributed by atoms with Gasteiger partial charge in [0.15, 0.2) is 0 Å². The second-order valence-electron chi connectivity index (χ2n) is 7.36. The summed E-state index contributed by atoms with van der Waals surface area (Å²) in [7, 11) is 0. The first-order chi connectivity index (χ1) is 12.4. The van der Waals surface area contributed by atoms with Crippen molar-refractivity contribution in [3.63, 3.8) is 0 Å². The van der Waals surface area contributed by atoms with Crippen LogP contribution in [-0.2, 0) is 9.59 Å². The van der Waals surface area contributed by atoms with Gasteiger partial charge in [-0.05, 0) is 43.7 Å². The lowest BCUT2D eigenvalue weighted by Gasteiger charge is -2.49. The van der Waals surface area contributed by atoms with Crippen LogP contribution in [0, 0.1) is 0 Å². The topological polar surface area (TPSA) is 81.1 Å². The third-order valence-electron chi connectivity index (χ3n) is 5.84. The summed E-state index contributed by atoms with van der Waals surface area (Å²) in [6.07, 6.45) is 1.68. The van der Waals surface area contributed by atoms with Crippen molar-refractivity contribution in [1.29, 1.82) is 0 Å². The molecule has 2 saturated heterocycles. The van der Waals surface area contributed by atoms with Crippen molar-refractivity contribution in [3.05, 3.63) is 27.7 Å². The van der Waals surface area contributed by atoms with Crippen LogP contribution in [0.3, 0.4) is 0 Å². The highest BCUT2D eigenvalue weighted by Gasteiger charge is 2.47. The first kappa shape index (κ1) is 17.9. The minimum Gasteiger partial charge on any atom is -0.508 e. The molecular formula is C18H20Cl2N2O4. The molecule has 0 unspecified atom stereocenters. The quantitative estimate of drug-likeness (QED) is 0.799. The normalized spacial score (nSPS) is 31.7. The number of nitrogens with zero attached hydrogens (tertiary/aromatic N) is 2. The van der Waals surface area contributed by atoms with Crippen LogP contribution in [0.25, 0.3) is 0 Å². The van der Waals surface area contributed by atoms with Gasteiger partial charge in [0.2, 0.25) is 11.8 Å². The summed E-state index contributed by atoms with van der Waals surface area (Å²) in [5, 5.41) is 20.4. The summed E-state index contributed by atoms with van der Waals surface area (Å²) in [5.74, 6) is -0.225. The number of carbonyl (C=O) groups excluding carboxylic acids is 2. The number of aromatic hydroxyl groups is 1. The van der Waals surface area contributed by atoms with Crippen molar-refractivity contribution in [2.75, 3.05) is 13.1 Å². The van der Waals surface area contributed by atoms with Crippen LogP contribution >= 0.6 is 23.2 Å². The number of amides is 2. The van der Waals surface area contributed by atoms with E-state index in [0.717, 1.165) is 0 Å². The molecule has 0 radical (unpaired) electrons. The summed E-state index contributed by atoms with van der Waals surface area (Å²) >= 11 is 12.4. The number of phenolic OH excluding ortho intramolecular Hbond substituents is 1. The maximum atomic E-state index is 13.0. The number of aliphatic hydroxyl groups excluding tert-OH is 1. The Labute approximate surface area is 161 Å². The number of hydrogen-bond donors (Lipinski definition) is 2. The van der Waals surface area contributed by atoms with Crippen molar-refractivity contribution in [3.8, 4) is 5.75 Å². The van der Waals surface area contributed by atoms with Gasteiger partial charge in [0.1, 0.15) is 18.3 Å². The second-order valence-corrected chi connectivity index (χ2v) is 8.15. The number of halogens is 2. The van der Waals surface area contributed by atoms with Crippen molar-refractivity contribution < 1.29 is 19.8 Å². The molecule has 4 rings (SSSR count). The lowest BCUT2D eigenvalue weighted by Crippen LogP contribution is -2.65. The first-order valence-electron chi connectivity index (χ1n) is 8.81. The minimum absolute atomic E-state index is 0.0594. The number of phenols is 1. The number of carbonyl (C=O) groups is 2. The van der Waals surface area contributed by atoms with E-state index in [0.29, 0.717) is 47.8 Å². The van der Waals surface area contributed by atoms with Crippen molar-refractivity contribution in [2.45, 2.75) is 49.8 Å². The number of piperidine rings is 1. The van der Waals surface area contributed by atoms with E-state index >= 15 is 0 Å². The maximum absolute atomic E-state index is 13.0. The third-order valence-corrected chi connectivity index (χ3v) is 6.66. The molecule has 2 amide bonds. The fourth-order valence-electron chi connectivity index (χ4n) is 4.33. The van der Waals surface area contributed by atoms with E-state index < -0.39 is 6.04 Å². The highest BCUT2D eigenvalue weighted by Crippen LogP contribution is 2.44. The van der Waals surface area contributed by atoms with Crippen LogP contribution in [0.4, 0.5) is 0 Å². The fraction of sp³-hybridized carbons (Fsp3) is 0.556. The van der Waals surface area contributed by atoms with E-state index in [-0.39, 0.29) is 42.2 Å². The highest BCUT2D eigenvalue weighted by molar-refractivity contribution is 6.42. The van der Waals surface area contributed by atoms with Crippen LogP contribution in [-0.4, -0.2) is 63.1 Å². The van der Waals surface area contributed by atoms with E-state index in [4.69, 9.17) is 23.2 Å². The smallest absolute Gasteiger partial charge is 0.246 e. The van der Waals surface area contributed by atoms with Crippen molar-refractivity contribution in [2.24, 2.45) is 0 Å². The monoisotopic (exact) mass is 398 g/mol. The zero-order valence-corrected chi connectivity index (χ0v) is 15.6. The molecule has 2 atom stereocenters. The van der Waals surface area contributed by atoms with Gasteiger partial charge >= 0.3 is 0 Å². The lowest BCUT2D eigenvalue weighted by atomic mass is 9.81. The van der Waals surface area contributed by atoms with Gasteiger partial charge in [-0.25, -0.2) is 0 Å². The van der Waals surface area contributed by atoms with E-state index in [9.17, 15) is 19.8 Å². The Hall–Kier alpha value is -1.50. The van der Waals surface area contributed by atoms with Gasteiger partial charge in [0, 0.05) is 18.2 Å². The Morgan fingerprint density at radius 1 is 1.08 bits per heavy atom. The van der Waals surface area contributed by atoms with Gasteiger partial charge in [-0.1, -0.05) is 23.2 Å². The standard InChI is InChI=1S/C18H20Cl2N2O4/c19-12-1-2-14(24)16(17(12)20)9-3-4-21-13(5-9)18(26)22(8-15(21)25)10-6-11(23)7-10/h1-2,9-11,13,23-24H,3-8H2/t9-,10-,11+,13+/m1/s1. The number of benzene rings is 1. The molecule has 2 N–H and O–H groups in total. The van der Waals surface area contributed by atoms with Crippen molar-refractivity contribution >= 4 is 35.0 Å². The highest BCUT2D eigenvalue weighted by atomic mass is 35.5. The maximum Gasteiger partial charge on any atom is 0.246 e. The summed E-state index contributed by atoms with van der Waals surface area (Å²) in [4.78, 5) is 28.8. The predicted molar refractivity (Wildman–Crippen MR) is 96.3 cm³/mol. The number of piperazine rings is 1. The van der Waals surface area contributed by atoms with Crippen LogP contribution in [0.15, 0.2) is 12.1 Å². The number of hydrogen-bond acceptors (Lipinski definition) is 4. The van der Waals surface area contributed by atoms with Crippen LogP contribution in [0.1, 0.15) is 37.2 Å². The van der Waals surface area contributed by atoms with Gasteiger partial charge < -0.3 is 20.0 Å². The number of fused-ring (bicyclic) bond motifs is 1. The number of rotatable bonds is 2. The second kappa shape index (κ2) is 6.59. The molecule has 6 nitrogen and oxygen atoms in total. The van der Waals surface area contributed by atoms with E-state index in [1.165, 1.54) is 12.1 Å². The molecule has 8 heteroatoms. The molecule has 1 aliphatic carbocycles. The largest absolute Gasteiger partial charge is 0.508 e. The van der Waals surface area contributed by atoms with Gasteiger partial charge in [-0.3, -0.25) is 9.59 Å². The molecule has 0 aromatic heterocycles. The molecule has 1 aromatic rings. The van der Waals surface area contributed by atoms with E-state index in [2.05, 4.69) is 0 Å². The molecule has 0 bridgehead atoms. The zero-order chi connectivity index (χ0) is 18.6. The Bertz CT molecular complexity index is 766. The Morgan fingerprint density at radius 3 is 2.50 bits per heavy atom. The van der Waals surface area contributed by atoms with E-state index in [1.807, 2.05) is 0 Å². The SMILES string of the molecule is O=C1CN([C@H]2C[C@@H](O)C2)C(=O)[C@@H]2C[C@H](c3c(O)ccc(Cl)c3Cl)CCN12. The zero-order valence-electron chi connectivity index (χ0n) is 14.1. The number of aliphatic hydroxyl groups is 1. The predicted octanol–water partition coefficient (Wildman–Crippen LogP) is 2.14. The van der Waals surface area contributed by atoms with Crippen LogP contribution in [0.2, 0.25) is 10.0 Å². The van der Waals surface area contributed by atoms with Crippen LogP contribution in [0.5, 0.6) is 5.75 Å². The average Bonchev–Trinajstić information content (AvgIpc) is 2.59. The molecule has 3 aliphatic rings. The van der Waals surface area contributed by atoms with Crippen molar-refractivity contribution in [1.82, 2.24) is 9.80 Å². The summed E-state index contributed by atoms with van der Waals surface area (Å²) in [6.45, 7) is 0.532. The van der Waals surface area contributed by atoms with Gasteiger partial charge in [-0.15, -0.1) is 0 Å². The Balaban J connectivity index is 1.59. The van der Waals surface area contributed by atoms with Gasteiger partial charge in [-0.2, -0.15) is 0 Å². The molecule has 26 heavy (non-hydrogen) atoms. The summed E-state index contributed by atoms with van der Waals surface area (Å²) in [6, 6.07) is 2.43. The minimum atomic E-state index is -0.554. The molecule has 2 heterocycles. The summed E-state index contributed by atoms with van der Waals surface area (Å²) < 4.78 is 0. The fourth-order valence-corrected chi connectivity index (χ4v) is 4.81. The molecular weight excluding hydrogens is 379 g/mol. The molecule has 2 aliphatic heterocycles. The first-order valence-corrected chi connectivity index (χ1v) is 9.57. The Morgan fingerprint density at radius 2 is 1.81 bits per heavy atom. The van der Waals surface area contributed by atoms with Gasteiger partial charge in [0.25, 0.3) is 0 Å². The molecule has 3 fully saturated rings. The molecule has 1 aromatic carbocycles. The summed E-state index contributed by atoms with van der Waals surface area (Å²) in [5.41, 5.74) is 0.551. The van der Waals surface area contributed by atoms with Crippen LogP contribution < -0.4 is 0 Å². The van der Waals surface area contributed by atoms with Gasteiger partial charge in [0.05, 0.1) is 16.1 Å². The molecule has 0 spiro atoms. The Kier molecular flexibility index (Phi) is 4.53. The van der Waals surface area contributed by atoms with E-state index in [1.54, 1.807) is 9.80 Å².